The smallest absolute Gasteiger partial charge is 0.338 e. The summed E-state index contributed by atoms with van der Waals surface area (Å²) in [5.41, 5.74) is 1.98. The summed E-state index contributed by atoms with van der Waals surface area (Å²) >= 11 is 5.54. The van der Waals surface area contributed by atoms with E-state index in [2.05, 4.69) is 35.1 Å². The predicted molar refractivity (Wildman–Crippen MR) is 93.2 cm³/mol. The summed E-state index contributed by atoms with van der Waals surface area (Å²) in [5, 5.41) is 3.58. The van der Waals surface area contributed by atoms with Gasteiger partial charge < -0.3 is 10.1 Å². The van der Waals surface area contributed by atoms with E-state index < -0.39 is 0 Å². The second-order valence-electron chi connectivity index (χ2n) is 6.14. The molecule has 1 aromatic carbocycles. The molecule has 1 saturated heterocycles. The zero-order chi connectivity index (χ0) is 15.5. The lowest BCUT2D eigenvalue weighted by atomic mass is 9.88. The Labute approximate surface area is 139 Å². The van der Waals surface area contributed by atoms with Crippen LogP contribution in [0.15, 0.2) is 22.7 Å². The van der Waals surface area contributed by atoms with Crippen LogP contribution < -0.4 is 5.32 Å². The van der Waals surface area contributed by atoms with E-state index in [-0.39, 0.29) is 5.97 Å². The zero-order valence-corrected chi connectivity index (χ0v) is 15.1. The highest BCUT2D eigenvalue weighted by atomic mass is 79.9. The fourth-order valence-corrected chi connectivity index (χ4v) is 4.32. The lowest BCUT2D eigenvalue weighted by Crippen LogP contribution is -2.35. The van der Waals surface area contributed by atoms with E-state index in [1.807, 2.05) is 36.9 Å². The standard InChI is InChI=1S/C16H22BrNO2S/c1-4-20-15(19)11-5-6-14(13(17)7-11)18-12-8-16(2,3)10-21-9-12/h5-7,12,18H,4,8-10H2,1-3H3. The first kappa shape index (κ1) is 16.7. The van der Waals surface area contributed by atoms with Gasteiger partial charge in [0.2, 0.25) is 0 Å². The molecule has 0 radical (unpaired) electrons. The molecule has 3 nitrogen and oxygen atoms in total. The lowest BCUT2D eigenvalue weighted by Gasteiger charge is -2.35. The van der Waals surface area contributed by atoms with Crippen molar-refractivity contribution in [3.63, 3.8) is 0 Å². The molecule has 0 aromatic heterocycles. The number of hydrogen-bond donors (Lipinski definition) is 1. The molecular weight excluding hydrogens is 350 g/mol. The first-order chi connectivity index (χ1) is 9.91. The van der Waals surface area contributed by atoms with E-state index >= 15 is 0 Å². The van der Waals surface area contributed by atoms with Gasteiger partial charge in [0, 0.05) is 22.0 Å². The van der Waals surface area contributed by atoms with Gasteiger partial charge in [-0.3, -0.25) is 0 Å². The fourth-order valence-electron chi connectivity index (χ4n) is 2.55. The van der Waals surface area contributed by atoms with Crippen LogP contribution in [-0.4, -0.2) is 30.1 Å². The molecule has 0 saturated carbocycles. The van der Waals surface area contributed by atoms with Gasteiger partial charge in [0.15, 0.2) is 0 Å². The van der Waals surface area contributed by atoms with E-state index in [0.29, 0.717) is 23.6 Å². The van der Waals surface area contributed by atoms with Crippen LogP contribution in [0.5, 0.6) is 0 Å². The Morgan fingerprint density at radius 3 is 2.90 bits per heavy atom. The minimum absolute atomic E-state index is 0.279. The van der Waals surface area contributed by atoms with Gasteiger partial charge in [0.1, 0.15) is 0 Å². The van der Waals surface area contributed by atoms with Crippen molar-refractivity contribution in [1.82, 2.24) is 0 Å². The molecule has 116 valence electrons. The number of carbonyl (C=O) groups is 1. The quantitative estimate of drug-likeness (QED) is 0.786. The van der Waals surface area contributed by atoms with Gasteiger partial charge in [-0.2, -0.15) is 11.8 Å². The number of esters is 1. The lowest BCUT2D eigenvalue weighted by molar-refractivity contribution is 0.0526. The van der Waals surface area contributed by atoms with Crippen LogP contribution in [0.3, 0.4) is 0 Å². The van der Waals surface area contributed by atoms with E-state index in [1.54, 1.807) is 0 Å². The normalized spacial score (nSPS) is 20.9. The van der Waals surface area contributed by atoms with Crippen LogP contribution in [0.4, 0.5) is 5.69 Å². The highest BCUT2D eigenvalue weighted by Gasteiger charge is 2.28. The molecule has 5 heteroatoms. The third-order valence-electron chi connectivity index (χ3n) is 3.45. The van der Waals surface area contributed by atoms with Crippen molar-refractivity contribution in [2.75, 3.05) is 23.4 Å². The summed E-state index contributed by atoms with van der Waals surface area (Å²) in [4.78, 5) is 11.7. The van der Waals surface area contributed by atoms with Gasteiger partial charge in [0.05, 0.1) is 12.2 Å². The van der Waals surface area contributed by atoms with Gasteiger partial charge in [0.25, 0.3) is 0 Å². The Kier molecular flexibility index (Phi) is 5.60. The molecule has 21 heavy (non-hydrogen) atoms. The maximum atomic E-state index is 11.7. The number of anilines is 1. The number of ether oxygens (including phenoxy) is 1. The molecule has 0 amide bonds. The number of thioether (sulfide) groups is 1. The fraction of sp³-hybridized carbons (Fsp3) is 0.562. The Bertz CT molecular complexity index is 519. The number of carbonyl (C=O) groups excluding carboxylic acids is 1. The number of benzene rings is 1. The van der Waals surface area contributed by atoms with Gasteiger partial charge >= 0.3 is 5.97 Å². The van der Waals surface area contributed by atoms with Gasteiger partial charge in [-0.25, -0.2) is 4.79 Å². The molecule has 2 rings (SSSR count). The van der Waals surface area contributed by atoms with Crippen molar-refractivity contribution in [2.45, 2.75) is 33.2 Å². The summed E-state index contributed by atoms with van der Waals surface area (Å²) in [7, 11) is 0. The van der Waals surface area contributed by atoms with Crippen LogP contribution in [0.2, 0.25) is 0 Å². The molecule has 1 aliphatic rings. The van der Waals surface area contributed by atoms with Crippen molar-refractivity contribution >= 4 is 39.3 Å². The summed E-state index contributed by atoms with van der Waals surface area (Å²) in [5.74, 6) is 2.06. The van der Waals surface area contributed by atoms with Crippen LogP contribution in [0.1, 0.15) is 37.6 Å². The molecule has 1 atom stereocenters. The van der Waals surface area contributed by atoms with E-state index in [1.165, 1.54) is 5.75 Å². The monoisotopic (exact) mass is 371 g/mol. The topological polar surface area (TPSA) is 38.3 Å². The number of rotatable bonds is 4. The molecule has 0 spiro atoms. The molecule has 1 N–H and O–H groups in total. The van der Waals surface area contributed by atoms with Crippen LogP contribution in [-0.2, 0) is 4.74 Å². The molecule has 0 bridgehead atoms. The number of nitrogens with one attached hydrogen (secondary N) is 1. The minimum atomic E-state index is -0.279. The summed E-state index contributed by atoms with van der Waals surface area (Å²) in [6.07, 6.45) is 1.16. The third-order valence-corrected chi connectivity index (χ3v) is 5.73. The highest BCUT2D eigenvalue weighted by molar-refractivity contribution is 9.10. The van der Waals surface area contributed by atoms with Crippen molar-refractivity contribution < 1.29 is 9.53 Å². The molecule has 1 aliphatic heterocycles. The average Bonchev–Trinajstić information content (AvgIpc) is 2.40. The Hall–Kier alpha value is -0.680. The van der Waals surface area contributed by atoms with Crippen molar-refractivity contribution in [3.8, 4) is 0 Å². The number of halogens is 1. The van der Waals surface area contributed by atoms with Gasteiger partial charge in [-0.15, -0.1) is 0 Å². The predicted octanol–water partition coefficient (Wildman–Crippen LogP) is 4.57. The second kappa shape index (κ2) is 7.05. The first-order valence-electron chi connectivity index (χ1n) is 7.22. The first-order valence-corrected chi connectivity index (χ1v) is 9.17. The van der Waals surface area contributed by atoms with Crippen molar-refractivity contribution in [2.24, 2.45) is 5.41 Å². The minimum Gasteiger partial charge on any atom is -0.462 e. The second-order valence-corrected chi connectivity index (χ2v) is 8.02. The van der Waals surface area contributed by atoms with Gasteiger partial charge in [-0.05, 0) is 58.6 Å². The van der Waals surface area contributed by atoms with E-state index in [9.17, 15) is 4.79 Å². The Balaban J connectivity index is 2.06. The largest absolute Gasteiger partial charge is 0.462 e. The maximum absolute atomic E-state index is 11.7. The van der Waals surface area contributed by atoms with E-state index in [0.717, 1.165) is 22.3 Å². The summed E-state index contributed by atoms with van der Waals surface area (Å²) < 4.78 is 5.92. The SMILES string of the molecule is CCOC(=O)c1ccc(NC2CSCC(C)(C)C2)c(Br)c1. The third kappa shape index (κ3) is 4.65. The average molecular weight is 372 g/mol. The summed E-state index contributed by atoms with van der Waals surface area (Å²) in [6.45, 7) is 6.83. The molecule has 0 aliphatic carbocycles. The van der Waals surface area contributed by atoms with E-state index in [4.69, 9.17) is 4.74 Å². The van der Waals surface area contributed by atoms with Crippen LogP contribution in [0.25, 0.3) is 0 Å². The van der Waals surface area contributed by atoms with Crippen LogP contribution >= 0.6 is 27.7 Å². The Morgan fingerprint density at radius 1 is 1.52 bits per heavy atom. The molecule has 1 aromatic rings. The Morgan fingerprint density at radius 2 is 2.29 bits per heavy atom. The highest BCUT2D eigenvalue weighted by Crippen LogP contribution is 2.35. The molecule has 1 heterocycles. The summed E-state index contributed by atoms with van der Waals surface area (Å²) in [6, 6.07) is 6.04. The molecule has 1 unspecified atom stereocenters. The van der Waals surface area contributed by atoms with Crippen molar-refractivity contribution in [3.05, 3.63) is 28.2 Å². The molecular formula is C16H22BrNO2S. The van der Waals surface area contributed by atoms with Crippen molar-refractivity contribution in [1.29, 1.82) is 0 Å². The zero-order valence-electron chi connectivity index (χ0n) is 12.7. The van der Waals surface area contributed by atoms with Crippen LogP contribution in [0, 0.1) is 5.41 Å². The number of hydrogen-bond acceptors (Lipinski definition) is 4. The van der Waals surface area contributed by atoms with Gasteiger partial charge in [-0.1, -0.05) is 13.8 Å². The maximum Gasteiger partial charge on any atom is 0.338 e. The molecule has 1 fully saturated rings.